The number of halogens is 2. The fraction of sp³-hybridized carbons (Fsp3) is 0.250. The average Bonchev–Trinajstić information content (AvgIpc) is 3.38. The molecule has 0 spiro atoms. The first-order valence-electron chi connectivity index (χ1n) is 15.0. The summed E-state index contributed by atoms with van der Waals surface area (Å²) in [6, 6.07) is 16.9. The number of nitrogens with zero attached hydrogens (tertiary/aromatic N) is 4. The third kappa shape index (κ3) is 6.33. The van der Waals surface area contributed by atoms with E-state index in [-0.39, 0.29) is 11.3 Å². The summed E-state index contributed by atoms with van der Waals surface area (Å²) in [5, 5.41) is 13.7. The molecule has 1 aliphatic rings. The molecule has 0 saturated carbocycles. The van der Waals surface area contributed by atoms with Crippen LogP contribution in [0.2, 0.25) is 0 Å². The van der Waals surface area contributed by atoms with Crippen molar-refractivity contribution in [1.82, 2.24) is 18.8 Å². The molecule has 0 fully saturated rings. The lowest BCUT2D eigenvalue weighted by molar-refractivity contribution is 0.0780. The molecular formula is C36H35F2N5O2S. The topological polar surface area (TPSA) is 83.3 Å². The number of rotatable bonds is 7. The number of carbonyl (C=O) groups is 1. The van der Waals surface area contributed by atoms with Gasteiger partial charge in [-0.15, -0.1) is 0 Å². The number of fused-ring (bicyclic) bond motifs is 1. The van der Waals surface area contributed by atoms with Gasteiger partial charge in [-0.05, 0) is 112 Å². The zero-order valence-corrected chi connectivity index (χ0v) is 27.2. The molecule has 236 valence electrons. The Balaban J connectivity index is 1.43. The number of amides is 1. The maximum Gasteiger partial charge on any atom is 0.258 e. The first kappa shape index (κ1) is 31.6. The van der Waals surface area contributed by atoms with Crippen LogP contribution in [0.4, 0.5) is 14.5 Å². The van der Waals surface area contributed by atoms with E-state index in [0.29, 0.717) is 28.0 Å². The molecule has 6 rings (SSSR count). The lowest BCUT2D eigenvalue weighted by Gasteiger charge is -2.22. The fourth-order valence-electron chi connectivity index (χ4n) is 5.55. The zero-order chi connectivity index (χ0) is 32.7. The second kappa shape index (κ2) is 12.4. The molecule has 0 radical (unpaired) electrons. The van der Waals surface area contributed by atoms with Crippen LogP contribution in [-0.2, 0) is 5.60 Å². The van der Waals surface area contributed by atoms with Crippen LogP contribution in [-0.4, -0.2) is 50.0 Å². The number of aryl methyl sites for hydroxylation is 1. The van der Waals surface area contributed by atoms with Gasteiger partial charge in [0.2, 0.25) is 0 Å². The number of nitrogens with one attached hydrogen (secondary N) is 1. The van der Waals surface area contributed by atoms with E-state index in [9.17, 15) is 14.3 Å². The van der Waals surface area contributed by atoms with E-state index < -0.39 is 23.1 Å². The van der Waals surface area contributed by atoms with Crippen molar-refractivity contribution < 1.29 is 18.7 Å². The summed E-state index contributed by atoms with van der Waals surface area (Å²) >= 11 is 1.57. The Hall–Kier alpha value is -4.38. The first-order chi connectivity index (χ1) is 21.9. The van der Waals surface area contributed by atoms with Gasteiger partial charge in [0.15, 0.2) is 5.65 Å². The summed E-state index contributed by atoms with van der Waals surface area (Å²) in [4.78, 5) is 25.8. The van der Waals surface area contributed by atoms with E-state index in [1.807, 2.05) is 0 Å². The number of aliphatic hydroxyl groups is 1. The molecule has 0 unspecified atom stereocenters. The monoisotopic (exact) mass is 639 g/mol. The average molecular weight is 640 g/mol. The molecule has 2 N–H and O–H groups in total. The molecule has 3 aromatic carbocycles. The van der Waals surface area contributed by atoms with Crippen LogP contribution in [0.3, 0.4) is 0 Å². The normalized spacial score (nSPS) is 14.0. The minimum absolute atomic E-state index is 0.199. The Labute approximate surface area is 271 Å². The molecule has 1 aliphatic heterocycles. The highest BCUT2D eigenvalue weighted by molar-refractivity contribution is 7.98. The molecule has 7 nitrogen and oxygen atoms in total. The van der Waals surface area contributed by atoms with Crippen molar-refractivity contribution in [3.05, 3.63) is 113 Å². The molecule has 0 aliphatic carbocycles. The quantitative estimate of drug-likeness (QED) is 0.190. The van der Waals surface area contributed by atoms with Crippen molar-refractivity contribution in [3.8, 4) is 11.3 Å². The number of benzene rings is 3. The molecule has 46 heavy (non-hydrogen) atoms. The van der Waals surface area contributed by atoms with Crippen molar-refractivity contribution in [1.29, 1.82) is 0 Å². The summed E-state index contributed by atoms with van der Waals surface area (Å²) in [7, 11) is 2.09. The number of anilines is 1. The second-order valence-electron chi connectivity index (χ2n) is 12.3. The lowest BCUT2D eigenvalue weighted by atomic mass is 9.96. The Morgan fingerprint density at radius 2 is 1.78 bits per heavy atom. The molecule has 3 heterocycles. The van der Waals surface area contributed by atoms with Gasteiger partial charge in [0.25, 0.3) is 5.91 Å². The van der Waals surface area contributed by atoms with Crippen molar-refractivity contribution in [2.75, 3.05) is 25.5 Å². The van der Waals surface area contributed by atoms with Gasteiger partial charge in [-0.25, -0.2) is 18.7 Å². The van der Waals surface area contributed by atoms with Gasteiger partial charge >= 0.3 is 0 Å². The van der Waals surface area contributed by atoms with Crippen LogP contribution in [0.15, 0.2) is 78.0 Å². The highest BCUT2D eigenvalue weighted by Crippen LogP contribution is 2.39. The summed E-state index contributed by atoms with van der Waals surface area (Å²) in [6.07, 6.45) is 4.57. The Morgan fingerprint density at radius 1 is 1.02 bits per heavy atom. The third-order valence-electron chi connectivity index (χ3n) is 8.31. The molecule has 2 aromatic heterocycles. The highest BCUT2D eigenvalue weighted by Gasteiger charge is 2.24. The van der Waals surface area contributed by atoms with Gasteiger partial charge in [0.05, 0.1) is 22.6 Å². The van der Waals surface area contributed by atoms with E-state index in [1.54, 1.807) is 18.9 Å². The van der Waals surface area contributed by atoms with Crippen molar-refractivity contribution >= 4 is 40.1 Å². The number of hydrogen-bond donors (Lipinski definition) is 2. The van der Waals surface area contributed by atoms with Gasteiger partial charge in [-0.2, -0.15) is 0 Å². The largest absolute Gasteiger partial charge is 0.386 e. The minimum Gasteiger partial charge on any atom is -0.386 e. The molecule has 10 heteroatoms. The smallest absolute Gasteiger partial charge is 0.258 e. The number of likely N-dealkylation sites (N-methyl/N-ethyl adjacent to an activating group) is 1. The molecule has 5 aromatic rings. The summed E-state index contributed by atoms with van der Waals surface area (Å²) < 4.78 is 32.3. The highest BCUT2D eigenvalue weighted by atomic mass is 32.2. The zero-order valence-electron chi connectivity index (χ0n) is 26.4. The van der Waals surface area contributed by atoms with Gasteiger partial charge in [-0.1, -0.05) is 29.8 Å². The van der Waals surface area contributed by atoms with Crippen molar-refractivity contribution in [2.45, 2.75) is 44.6 Å². The van der Waals surface area contributed by atoms with Crippen LogP contribution in [0, 0.1) is 25.5 Å². The van der Waals surface area contributed by atoms with Crippen LogP contribution >= 0.6 is 11.9 Å². The summed E-state index contributed by atoms with van der Waals surface area (Å²) in [5.41, 5.74) is 4.69. The Bertz CT molecular complexity index is 2000. The summed E-state index contributed by atoms with van der Waals surface area (Å²) in [6.45, 7) is 8.64. The fourth-order valence-corrected chi connectivity index (χ4v) is 6.52. The number of carbonyl (C=O) groups excluding carboxylic acids is 1. The lowest BCUT2D eigenvalue weighted by Crippen LogP contribution is -2.24. The van der Waals surface area contributed by atoms with E-state index in [1.165, 1.54) is 55.6 Å². The number of aromatic nitrogens is 3. The minimum atomic E-state index is -1.27. The maximum atomic E-state index is 15.2. The van der Waals surface area contributed by atoms with Crippen LogP contribution < -0.4 is 5.32 Å². The third-order valence-corrected chi connectivity index (χ3v) is 9.35. The number of hydrogen-bond acceptors (Lipinski definition) is 6. The summed E-state index contributed by atoms with van der Waals surface area (Å²) in [5.74, 6) is -2.09. The Morgan fingerprint density at radius 3 is 2.46 bits per heavy atom. The van der Waals surface area contributed by atoms with E-state index in [0.717, 1.165) is 41.6 Å². The first-order valence-corrected chi connectivity index (χ1v) is 15.8. The van der Waals surface area contributed by atoms with Gasteiger partial charge in [0, 0.05) is 34.6 Å². The van der Waals surface area contributed by atoms with Gasteiger partial charge < -0.3 is 15.3 Å². The Kier molecular flexibility index (Phi) is 8.54. The van der Waals surface area contributed by atoms with Crippen LogP contribution in [0.25, 0.3) is 27.9 Å². The van der Waals surface area contributed by atoms with E-state index in [2.05, 4.69) is 74.5 Å². The standard InChI is InChI=1S/C36H35F2N5O2S/c1-21-6-9-26(10-7-21)46-43-32(23-12-14-42(5)15-13-23)19-29-33(39-20-40-34(29)43)28-17-25(37)18-31(22(28)2)41-35(44)27-11-8-24(16-30(27)38)36(3,4)45/h6-12,16-20,45H,13-15H2,1-5H3,(H,41,44). The SMILES string of the molecule is Cc1ccc(Sn2c(C3=CCN(C)CC3)cc3c(-c4cc(F)cc(NC(=O)c5ccc(C(C)(C)O)cc5F)c4C)ncnc32)cc1. The van der Waals surface area contributed by atoms with Gasteiger partial charge in [-0.3, -0.25) is 8.77 Å². The predicted octanol–water partition coefficient (Wildman–Crippen LogP) is 7.75. The second-order valence-corrected chi connectivity index (χ2v) is 13.3. The van der Waals surface area contributed by atoms with Crippen molar-refractivity contribution in [2.24, 2.45) is 0 Å². The van der Waals surface area contributed by atoms with Crippen LogP contribution in [0.1, 0.15) is 53.0 Å². The molecule has 0 saturated heterocycles. The van der Waals surface area contributed by atoms with Crippen LogP contribution in [0.5, 0.6) is 0 Å². The predicted molar refractivity (Wildman–Crippen MR) is 180 cm³/mol. The molecule has 0 bridgehead atoms. The maximum absolute atomic E-state index is 15.2. The van der Waals surface area contributed by atoms with Crippen molar-refractivity contribution in [3.63, 3.8) is 0 Å². The molecule has 0 atom stereocenters. The van der Waals surface area contributed by atoms with Gasteiger partial charge in [0.1, 0.15) is 18.0 Å². The van der Waals surface area contributed by atoms with E-state index >= 15 is 4.39 Å². The van der Waals surface area contributed by atoms with E-state index in [4.69, 9.17) is 0 Å². The molecule has 1 amide bonds. The molecular weight excluding hydrogens is 604 g/mol.